The van der Waals surface area contributed by atoms with Gasteiger partial charge in [0.25, 0.3) is 0 Å². The van der Waals surface area contributed by atoms with E-state index < -0.39 is 11.8 Å². The van der Waals surface area contributed by atoms with Crippen molar-refractivity contribution in [2.24, 2.45) is 0 Å². The summed E-state index contributed by atoms with van der Waals surface area (Å²) in [4.78, 5) is 13.5. The number of benzene rings is 2. The summed E-state index contributed by atoms with van der Waals surface area (Å²) in [5.41, 5.74) is 2.62. The highest BCUT2D eigenvalue weighted by molar-refractivity contribution is 6.34. The highest BCUT2D eigenvalue weighted by atomic mass is 35.5. The Kier molecular flexibility index (Phi) is 6.11. The Hall–Kier alpha value is -1.66. The molecule has 2 aliphatic rings. The Morgan fingerprint density at radius 2 is 1.90 bits per heavy atom. The normalized spacial score (nSPS) is 20.0. The number of halogens is 3. The average Bonchev–Trinajstić information content (AvgIpc) is 3.46. The quantitative estimate of drug-likeness (QED) is 0.678. The minimum absolute atomic E-state index is 0.00852. The van der Waals surface area contributed by atoms with Gasteiger partial charge < -0.3 is 9.84 Å². The number of hydrogen-bond acceptors (Lipinski definition) is 3. The lowest BCUT2D eigenvalue weighted by Crippen LogP contribution is -2.43. The fourth-order valence-electron chi connectivity index (χ4n) is 3.99. The Balaban J connectivity index is 1.48. The fraction of sp³-hybridized carbons (Fsp3) is 0.409. The number of rotatable bonds is 6. The Morgan fingerprint density at radius 3 is 2.55 bits per heavy atom. The summed E-state index contributed by atoms with van der Waals surface area (Å²) in [5.74, 6) is -1.55. The van der Waals surface area contributed by atoms with E-state index in [0.29, 0.717) is 42.1 Å². The molecular weight excluding hydrogens is 416 g/mol. The van der Waals surface area contributed by atoms with Crippen molar-refractivity contribution in [3.8, 4) is 0 Å². The molecule has 2 fully saturated rings. The van der Waals surface area contributed by atoms with Crippen LogP contribution in [0.15, 0.2) is 30.3 Å². The molecule has 2 aromatic carbocycles. The molecule has 1 aliphatic carbocycles. The van der Waals surface area contributed by atoms with Gasteiger partial charge in [-0.3, -0.25) is 4.90 Å². The summed E-state index contributed by atoms with van der Waals surface area (Å²) in [6.07, 6.45) is 2.74. The molecule has 0 spiro atoms. The molecule has 1 N–H and O–H groups in total. The molecule has 0 amide bonds. The van der Waals surface area contributed by atoms with Crippen molar-refractivity contribution in [2.75, 3.05) is 19.7 Å². The third-order valence-electron chi connectivity index (χ3n) is 5.48. The molecule has 154 valence electrons. The van der Waals surface area contributed by atoms with Crippen LogP contribution in [-0.4, -0.2) is 41.8 Å². The van der Waals surface area contributed by atoms with Gasteiger partial charge in [0.2, 0.25) is 0 Å². The predicted octanol–water partition coefficient (Wildman–Crippen LogP) is 5.15. The molecule has 0 bridgehead atoms. The van der Waals surface area contributed by atoms with Crippen LogP contribution in [0.1, 0.15) is 45.8 Å². The molecule has 2 aromatic rings. The van der Waals surface area contributed by atoms with E-state index in [2.05, 4.69) is 4.90 Å². The summed E-state index contributed by atoms with van der Waals surface area (Å²) in [6.45, 7) is 2.63. The number of hydrogen-bond donors (Lipinski definition) is 1. The summed E-state index contributed by atoms with van der Waals surface area (Å²) in [6, 6.07) is 8.41. The molecule has 1 saturated heterocycles. The lowest BCUT2D eigenvalue weighted by Gasteiger charge is -2.33. The fourth-order valence-corrected chi connectivity index (χ4v) is 4.56. The van der Waals surface area contributed by atoms with E-state index >= 15 is 0 Å². The molecule has 1 aliphatic heterocycles. The van der Waals surface area contributed by atoms with E-state index in [1.165, 1.54) is 12.1 Å². The molecule has 1 heterocycles. The van der Waals surface area contributed by atoms with Crippen molar-refractivity contribution < 1.29 is 19.0 Å². The van der Waals surface area contributed by atoms with Gasteiger partial charge in [0.1, 0.15) is 5.82 Å². The molecule has 1 unspecified atom stereocenters. The van der Waals surface area contributed by atoms with Gasteiger partial charge in [0.15, 0.2) is 0 Å². The zero-order valence-electron chi connectivity index (χ0n) is 15.8. The first kappa shape index (κ1) is 20.6. The maximum atomic E-state index is 14.3. The van der Waals surface area contributed by atoms with E-state index in [4.69, 9.17) is 27.9 Å². The molecule has 29 heavy (non-hydrogen) atoms. The maximum Gasteiger partial charge on any atom is 0.338 e. The van der Waals surface area contributed by atoms with Gasteiger partial charge in [0, 0.05) is 29.7 Å². The van der Waals surface area contributed by atoms with Gasteiger partial charge in [-0.15, -0.1) is 0 Å². The third-order valence-corrected chi connectivity index (χ3v) is 5.92. The molecule has 0 aromatic heterocycles. The number of ether oxygens (including phenoxy) is 1. The Morgan fingerprint density at radius 1 is 1.17 bits per heavy atom. The van der Waals surface area contributed by atoms with Crippen molar-refractivity contribution in [3.63, 3.8) is 0 Å². The van der Waals surface area contributed by atoms with Crippen LogP contribution in [0.4, 0.5) is 4.39 Å². The first-order valence-corrected chi connectivity index (χ1v) is 10.5. The van der Waals surface area contributed by atoms with Gasteiger partial charge >= 0.3 is 5.97 Å². The van der Waals surface area contributed by atoms with Crippen LogP contribution in [0.3, 0.4) is 0 Å². The van der Waals surface area contributed by atoms with Gasteiger partial charge in [-0.05, 0) is 72.2 Å². The van der Waals surface area contributed by atoms with Crippen LogP contribution in [0.2, 0.25) is 10.0 Å². The van der Waals surface area contributed by atoms with Crippen LogP contribution < -0.4 is 0 Å². The molecular formula is C22H22Cl2FNO3. The second-order valence-electron chi connectivity index (χ2n) is 7.82. The van der Waals surface area contributed by atoms with Crippen LogP contribution in [0.5, 0.6) is 0 Å². The number of carboxylic acid groups (broad SMARTS) is 1. The van der Waals surface area contributed by atoms with Crippen LogP contribution in [0, 0.1) is 5.82 Å². The molecule has 4 nitrogen and oxygen atoms in total. The highest BCUT2D eigenvalue weighted by Crippen LogP contribution is 2.42. The number of aromatic carboxylic acids is 1. The van der Waals surface area contributed by atoms with Crippen molar-refractivity contribution in [1.82, 2.24) is 4.90 Å². The number of carboxylic acids is 1. The summed E-state index contributed by atoms with van der Waals surface area (Å²) in [7, 11) is 0. The summed E-state index contributed by atoms with van der Waals surface area (Å²) in [5, 5.41) is 10.4. The second-order valence-corrected chi connectivity index (χ2v) is 8.69. The molecule has 0 radical (unpaired) electrons. The Bertz CT molecular complexity index is 912. The number of nitrogens with zero attached hydrogens (tertiary/aromatic N) is 1. The monoisotopic (exact) mass is 437 g/mol. The Labute approximate surface area is 179 Å². The minimum atomic E-state index is -1.22. The number of carbonyl (C=O) groups is 1. The topological polar surface area (TPSA) is 49.8 Å². The average molecular weight is 438 g/mol. The number of morpholine rings is 1. The van der Waals surface area contributed by atoms with Crippen molar-refractivity contribution in [2.45, 2.75) is 37.8 Å². The molecule has 4 rings (SSSR count). The maximum absolute atomic E-state index is 14.3. The first-order chi connectivity index (χ1) is 13.9. The second kappa shape index (κ2) is 8.60. The van der Waals surface area contributed by atoms with E-state index in [1.54, 1.807) is 6.07 Å². The van der Waals surface area contributed by atoms with Crippen LogP contribution in [0.25, 0.3) is 0 Å². The van der Waals surface area contributed by atoms with Gasteiger partial charge in [-0.25, -0.2) is 9.18 Å². The van der Waals surface area contributed by atoms with Gasteiger partial charge in [-0.1, -0.05) is 23.2 Å². The smallest absolute Gasteiger partial charge is 0.338 e. The molecule has 1 atom stereocenters. The van der Waals surface area contributed by atoms with E-state index in [-0.39, 0.29) is 11.7 Å². The lowest BCUT2D eigenvalue weighted by molar-refractivity contribution is -0.0305. The third kappa shape index (κ3) is 5.10. The molecule has 1 saturated carbocycles. The highest BCUT2D eigenvalue weighted by Gasteiger charge is 2.30. The standard InChI is InChI=1S/C22H22Cl2FNO3/c23-16-5-13(6-17(24)9-16)7-18-12-26(3-4-29-18)11-15-8-21(25)20(22(27)28)10-19(15)14-1-2-14/h5-6,8-10,14,18H,1-4,7,11-12H2,(H,27,28). The SMILES string of the molecule is O=C(O)c1cc(C2CC2)c(CN2CCOC(Cc3cc(Cl)cc(Cl)c3)C2)cc1F. The van der Waals surface area contributed by atoms with Crippen molar-refractivity contribution in [3.05, 3.63) is 68.4 Å². The van der Waals surface area contributed by atoms with E-state index in [0.717, 1.165) is 36.1 Å². The van der Waals surface area contributed by atoms with E-state index in [1.807, 2.05) is 12.1 Å². The zero-order valence-corrected chi connectivity index (χ0v) is 17.3. The van der Waals surface area contributed by atoms with Crippen LogP contribution >= 0.6 is 23.2 Å². The van der Waals surface area contributed by atoms with Crippen molar-refractivity contribution in [1.29, 1.82) is 0 Å². The van der Waals surface area contributed by atoms with Gasteiger partial charge in [-0.2, -0.15) is 0 Å². The molecule has 7 heteroatoms. The first-order valence-electron chi connectivity index (χ1n) is 9.73. The summed E-state index contributed by atoms with van der Waals surface area (Å²) < 4.78 is 20.2. The van der Waals surface area contributed by atoms with Crippen molar-refractivity contribution >= 4 is 29.2 Å². The van der Waals surface area contributed by atoms with Gasteiger partial charge in [0.05, 0.1) is 18.3 Å². The zero-order chi connectivity index (χ0) is 20.5. The largest absolute Gasteiger partial charge is 0.478 e. The minimum Gasteiger partial charge on any atom is -0.478 e. The summed E-state index contributed by atoms with van der Waals surface area (Å²) >= 11 is 12.2. The van der Waals surface area contributed by atoms with E-state index in [9.17, 15) is 14.3 Å². The predicted molar refractivity (Wildman–Crippen MR) is 111 cm³/mol. The lowest BCUT2D eigenvalue weighted by atomic mass is 9.98. The van der Waals surface area contributed by atoms with Crippen LogP contribution in [-0.2, 0) is 17.7 Å².